The molecule has 9 heteroatoms. The van der Waals surface area contributed by atoms with Gasteiger partial charge in [-0.3, -0.25) is 9.32 Å². The lowest BCUT2D eigenvalue weighted by Gasteiger charge is -2.33. The Morgan fingerprint density at radius 2 is 1.41 bits per heavy atom. The highest BCUT2D eigenvalue weighted by Gasteiger charge is 2.42. The van der Waals surface area contributed by atoms with Crippen molar-refractivity contribution < 1.29 is 27.6 Å². The Kier molecular flexibility index (Phi) is 27.4. The number of hydrogen-bond acceptors (Lipinski definition) is 8. The van der Waals surface area contributed by atoms with Crippen molar-refractivity contribution >= 4 is 25.7 Å². The fraction of sp³-hybridized carbons (Fsp3) is 0.969. The lowest BCUT2D eigenvalue weighted by Crippen LogP contribution is -2.52. The minimum atomic E-state index is -2.89. The minimum Gasteiger partial charge on any atom is -0.379 e. The van der Waals surface area contributed by atoms with Crippen LogP contribution in [0.3, 0.4) is 0 Å². The SMILES string of the molecule is CCCCCCCCCCCCC1CCO[Si](CCCSC(=O)CCCC)(OCCOCCOCCCC)ONC1. The Bertz CT molecular complexity index is 578. The maximum atomic E-state index is 12.1. The molecule has 41 heavy (non-hydrogen) atoms. The highest BCUT2D eigenvalue weighted by molar-refractivity contribution is 8.13. The van der Waals surface area contributed by atoms with Gasteiger partial charge in [0.1, 0.15) is 0 Å². The van der Waals surface area contributed by atoms with E-state index in [0.717, 1.165) is 57.4 Å². The van der Waals surface area contributed by atoms with Crippen molar-refractivity contribution in [2.45, 2.75) is 142 Å². The number of rotatable bonds is 28. The quantitative estimate of drug-likeness (QED) is 0.0690. The summed E-state index contributed by atoms with van der Waals surface area (Å²) in [6.07, 6.45) is 21.7. The first-order chi connectivity index (χ1) is 20.2. The summed E-state index contributed by atoms with van der Waals surface area (Å²) in [6.45, 7) is 11.0. The van der Waals surface area contributed by atoms with Crippen molar-refractivity contribution in [1.82, 2.24) is 5.48 Å². The first kappa shape index (κ1) is 39.0. The van der Waals surface area contributed by atoms with Crippen LogP contribution in [0.25, 0.3) is 0 Å². The molecule has 2 unspecified atom stereocenters. The van der Waals surface area contributed by atoms with Crippen molar-refractivity contribution in [3.63, 3.8) is 0 Å². The van der Waals surface area contributed by atoms with Crippen LogP contribution in [-0.2, 0) is 27.6 Å². The van der Waals surface area contributed by atoms with Crippen molar-refractivity contribution in [2.75, 3.05) is 51.9 Å². The van der Waals surface area contributed by atoms with Crippen LogP contribution in [0.15, 0.2) is 0 Å². The molecule has 1 N–H and O–H groups in total. The van der Waals surface area contributed by atoms with Crippen molar-refractivity contribution in [2.24, 2.45) is 5.92 Å². The van der Waals surface area contributed by atoms with Gasteiger partial charge in [-0.1, -0.05) is 110 Å². The third-order valence-corrected chi connectivity index (χ3v) is 11.3. The summed E-state index contributed by atoms with van der Waals surface area (Å²) in [5, 5.41) is 0.283. The second kappa shape index (κ2) is 28.7. The lowest BCUT2D eigenvalue weighted by atomic mass is 9.97. The number of thioether (sulfide) groups is 1. The molecule has 1 aliphatic heterocycles. The Morgan fingerprint density at radius 1 is 0.780 bits per heavy atom. The second-order valence-electron chi connectivity index (χ2n) is 11.5. The molecule has 1 rings (SSSR count). The van der Waals surface area contributed by atoms with E-state index in [-0.39, 0.29) is 5.12 Å². The maximum absolute atomic E-state index is 12.1. The molecule has 0 aliphatic carbocycles. The summed E-state index contributed by atoms with van der Waals surface area (Å²) >= 11 is 1.43. The van der Waals surface area contributed by atoms with E-state index in [0.29, 0.717) is 51.4 Å². The largest absolute Gasteiger partial charge is 0.518 e. The van der Waals surface area contributed by atoms with Crippen LogP contribution in [0.1, 0.15) is 136 Å². The smallest absolute Gasteiger partial charge is 0.379 e. The van der Waals surface area contributed by atoms with Gasteiger partial charge in [0.25, 0.3) is 0 Å². The summed E-state index contributed by atoms with van der Waals surface area (Å²) < 4.78 is 30.2. The highest BCUT2D eigenvalue weighted by Crippen LogP contribution is 2.24. The van der Waals surface area contributed by atoms with Crippen molar-refractivity contribution in [3.8, 4) is 0 Å². The molecule has 244 valence electrons. The van der Waals surface area contributed by atoms with Gasteiger partial charge in [-0.15, -0.1) is 0 Å². The normalized spacial score (nSPS) is 19.7. The molecule has 7 nitrogen and oxygen atoms in total. The van der Waals surface area contributed by atoms with Gasteiger partial charge >= 0.3 is 8.80 Å². The molecule has 0 aromatic heterocycles. The van der Waals surface area contributed by atoms with Gasteiger partial charge in [0.05, 0.1) is 26.4 Å². The van der Waals surface area contributed by atoms with Gasteiger partial charge in [0.15, 0.2) is 5.12 Å². The van der Waals surface area contributed by atoms with Gasteiger partial charge in [-0.25, -0.2) is 5.48 Å². The second-order valence-corrected chi connectivity index (χ2v) is 15.3. The molecule has 1 fully saturated rings. The molecule has 0 spiro atoms. The predicted molar refractivity (Wildman–Crippen MR) is 174 cm³/mol. The van der Waals surface area contributed by atoms with Crippen molar-refractivity contribution in [3.05, 3.63) is 0 Å². The summed E-state index contributed by atoms with van der Waals surface area (Å²) in [6, 6.07) is 0.706. The number of hydrogen-bond donors (Lipinski definition) is 1. The maximum Gasteiger partial charge on any atom is 0.518 e. The summed E-state index contributed by atoms with van der Waals surface area (Å²) in [5.41, 5.74) is 3.25. The van der Waals surface area contributed by atoms with E-state index in [4.69, 9.17) is 22.9 Å². The molecule has 0 saturated carbocycles. The van der Waals surface area contributed by atoms with Crippen LogP contribution >= 0.6 is 11.8 Å². The first-order valence-electron chi connectivity index (χ1n) is 17.2. The molecule has 0 amide bonds. The van der Waals surface area contributed by atoms with Gasteiger partial charge in [0, 0.05) is 38.0 Å². The van der Waals surface area contributed by atoms with Crippen LogP contribution in [0.5, 0.6) is 0 Å². The fourth-order valence-corrected chi connectivity index (χ4v) is 8.30. The first-order valence-corrected chi connectivity index (χ1v) is 20.1. The van der Waals surface area contributed by atoms with Crippen LogP contribution in [0.2, 0.25) is 6.04 Å². The summed E-state index contributed by atoms with van der Waals surface area (Å²) in [5.74, 6) is 1.35. The fourth-order valence-electron chi connectivity index (χ4n) is 4.91. The molecule has 0 radical (unpaired) electrons. The Morgan fingerprint density at radius 3 is 2.12 bits per heavy atom. The van der Waals surface area contributed by atoms with E-state index in [9.17, 15) is 4.79 Å². The molecule has 1 aliphatic rings. The van der Waals surface area contributed by atoms with E-state index < -0.39 is 8.80 Å². The third kappa shape index (κ3) is 23.1. The number of carbonyl (C=O) groups excluding carboxylic acids is 1. The third-order valence-electron chi connectivity index (χ3n) is 7.60. The Hall–Kier alpha value is -0.00312. The van der Waals surface area contributed by atoms with Gasteiger partial charge in [-0.2, -0.15) is 0 Å². The Balaban J connectivity index is 2.34. The average molecular weight is 620 g/mol. The van der Waals surface area contributed by atoms with Gasteiger partial charge < -0.3 is 18.3 Å². The highest BCUT2D eigenvalue weighted by atomic mass is 32.2. The lowest BCUT2D eigenvalue weighted by molar-refractivity contribution is -0.111. The van der Waals surface area contributed by atoms with E-state index in [2.05, 4.69) is 26.3 Å². The summed E-state index contributed by atoms with van der Waals surface area (Å²) in [7, 11) is -2.89. The van der Waals surface area contributed by atoms with E-state index in [1.54, 1.807) is 0 Å². The minimum absolute atomic E-state index is 0.283. The number of nitrogens with one attached hydrogen (secondary N) is 1. The molecular formula is C32H65NO6SSi. The van der Waals surface area contributed by atoms with Crippen LogP contribution in [0, 0.1) is 5.92 Å². The monoisotopic (exact) mass is 619 g/mol. The topological polar surface area (TPSA) is 75.3 Å². The van der Waals surface area contributed by atoms with Crippen LogP contribution in [-0.4, -0.2) is 65.9 Å². The van der Waals surface area contributed by atoms with E-state index in [1.807, 2.05) is 0 Å². The van der Waals surface area contributed by atoms with Gasteiger partial charge in [0.2, 0.25) is 0 Å². The number of ether oxygens (including phenoxy) is 2. The molecular weight excluding hydrogens is 555 g/mol. The summed E-state index contributed by atoms with van der Waals surface area (Å²) in [4.78, 5) is 12.1. The van der Waals surface area contributed by atoms with Gasteiger partial charge in [-0.05, 0) is 38.0 Å². The number of carbonyl (C=O) groups is 1. The molecule has 0 aromatic rings. The van der Waals surface area contributed by atoms with Crippen LogP contribution < -0.4 is 5.48 Å². The zero-order valence-electron chi connectivity index (χ0n) is 27.0. The van der Waals surface area contributed by atoms with Crippen molar-refractivity contribution in [1.29, 1.82) is 0 Å². The van der Waals surface area contributed by atoms with E-state index in [1.165, 1.54) is 82.4 Å². The molecule has 2 atom stereocenters. The van der Waals surface area contributed by atoms with E-state index >= 15 is 0 Å². The number of hydroxylamine groups is 1. The zero-order chi connectivity index (χ0) is 29.7. The zero-order valence-corrected chi connectivity index (χ0v) is 28.8. The molecule has 0 bridgehead atoms. The average Bonchev–Trinajstić information content (AvgIpc) is 2.96. The molecule has 1 heterocycles. The Labute approximate surface area is 258 Å². The molecule has 1 saturated heterocycles. The standard InChI is InChI=1S/C32H65NO6SSi/c1-4-7-10-11-12-13-14-15-16-17-19-31-21-23-37-41(39-33-30-31,29-18-28-40-32(34)20-8-5-2)38-27-26-36-25-24-35-22-9-6-3/h31,33H,4-30H2,1-3H3. The molecule has 0 aromatic carbocycles. The van der Waals surface area contributed by atoms with Crippen LogP contribution in [0.4, 0.5) is 0 Å². The number of unbranched alkanes of at least 4 members (excludes halogenated alkanes) is 11. The predicted octanol–water partition coefficient (Wildman–Crippen LogP) is 8.48.